The molecule has 1 aliphatic heterocycles. The van der Waals surface area contributed by atoms with E-state index < -0.39 is 4.92 Å². The van der Waals surface area contributed by atoms with Crippen molar-refractivity contribution in [1.82, 2.24) is 9.88 Å². The Kier molecular flexibility index (Phi) is 5.06. The Morgan fingerprint density at radius 3 is 2.64 bits per heavy atom. The van der Waals surface area contributed by atoms with Crippen LogP contribution in [0.5, 0.6) is 0 Å². The van der Waals surface area contributed by atoms with Gasteiger partial charge in [-0.2, -0.15) is 0 Å². The maximum absolute atomic E-state index is 12.4. The molecule has 0 bridgehead atoms. The van der Waals surface area contributed by atoms with Crippen LogP contribution in [0.15, 0.2) is 36.5 Å². The molecule has 0 saturated carbocycles. The second kappa shape index (κ2) is 7.25. The number of rotatable bonds is 4. The number of aromatic nitrogens is 1. The number of carbonyl (C=O) groups is 1. The third-order valence-corrected chi connectivity index (χ3v) is 4.54. The summed E-state index contributed by atoms with van der Waals surface area (Å²) in [6, 6.07) is 7.65. The number of halogens is 2. The number of non-ortho nitro benzene ring substituents is 1. The maximum atomic E-state index is 12.4. The highest BCUT2D eigenvalue weighted by molar-refractivity contribution is 6.39. The van der Waals surface area contributed by atoms with Gasteiger partial charge in [-0.05, 0) is 18.6 Å². The molecular weight excluding hydrogens is 367 g/mol. The van der Waals surface area contributed by atoms with Gasteiger partial charge < -0.3 is 10.2 Å². The average Bonchev–Trinajstić information content (AvgIpc) is 3.06. The van der Waals surface area contributed by atoms with Crippen molar-refractivity contribution >= 4 is 40.5 Å². The van der Waals surface area contributed by atoms with E-state index in [2.05, 4.69) is 10.3 Å². The minimum atomic E-state index is -0.551. The van der Waals surface area contributed by atoms with Crippen molar-refractivity contribution in [3.63, 3.8) is 0 Å². The van der Waals surface area contributed by atoms with Gasteiger partial charge in [0.05, 0.1) is 20.7 Å². The molecule has 1 aromatic heterocycles. The number of likely N-dealkylation sites (tertiary alicyclic amines) is 1. The van der Waals surface area contributed by atoms with Crippen molar-refractivity contribution in [2.45, 2.75) is 12.5 Å². The smallest absolute Gasteiger partial charge is 0.272 e. The maximum Gasteiger partial charge on any atom is 0.272 e. The van der Waals surface area contributed by atoms with Gasteiger partial charge in [0.1, 0.15) is 5.69 Å². The molecule has 7 nitrogen and oxygen atoms in total. The first-order valence-electron chi connectivity index (χ1n) is 7.56. The minimum absolute atomic E-state index is 0.0517. The normalized spacial score (nSPS) is 16.7. The van der Waals surface area contributed by atoms with Crippen molar-refractivity contribution in [1.29, 1.82) is 0 Å². The third kappa shape index (κ3) is 3.83. The SMILES string of the molecule is O=C(c1ccccn1)N1CCC(Nc2c(Cl)cc([N+](=O)[O-])cc2Cl)C1. The van der Waals surface area contributed by atoms with E-state index in [1.165, 1.54) is 12.1 Å². The lowest BCUT2D eigenvalue weighted by atomic mass is 10.2. The van der Waals surface area contributed by atoms with Gasteiger partial charge >= 0.3 is 0 Å². The molecule has 0 radical (unpaired) electrons. The van der Waals surface area contributed by atoms with E-state index in [-0.39, 0.29) is 27.7 Å². The molecule has 0 aliphatic carbocycles. The highest BCUT2D eigenvalue weighted by Crippen LogP contribution is 2.35. The lowest BCUT2D eigenvalue weighted by Gasteiger charge is -2.18. The summed E-state index contributed by atoms with van der Waals surface area (Å²) in [4.78, 5) is 28.5. The molecule has 3 rings (SSSR count). The van der Waals surface area contributed by atoms with Crippen LogP contribution < -0.4 is 5.32 Å². The first kappa shape index (κ1) is 17.4. The minimum Gasteiger partial charge on any atom is -0.378 e. The Balaban J connectivity index is 1.70. The van der Waals surface area contributed by atoms with Crippen LogP contribution in [0.25, 0.3) is 0 Å². The number of nitro groups is 1. The van der Waals surface area contributed by atoms with E-state index in [4.69, 9.17) is 23.2 Å². The number of pyridine rings is 1. The molecule has 1 saturated heterocycles. The summed E-state index contributed by atoms with van der Waals surface area (Å²) in [6.45, 7) is 1.05. The zero-order valence-electron chi connectivity index (χ0n) is 13.0. The summed E-state index contributed by atoms with van der Waals surface area (Å²) in [7, 11) is 0. The Labute approximate surface area is 153 Å². The molecule has 1 atom stereocenters. The predicted octanol–water partition coefficient (Wildman–Crippen LogP) is 3.62. The van der Waals surface area contributed by atoms with Gasteiger partial charge in [-0.3, -0.25) is 19.9 Å². The second-order valence-electron chi connectivity index (χ2n) is 5.64. The summed E-state index contributed by atoms with van der Waals surface area (Å²) in [5.41, 5.74) is 0.666. The Morgan fingerprint density at radius 2 is 2.04 bits per heavy atom. The molecule has 0 spiro atoms. The van der Waals surface area contributed by atoms with Gasteiger partial charge in [-0.25, -0.2) is 0 Å². The summed E-state index contributed by atoms with van der Waals surface area (Å²) in [6.07, 6.45) is 2.29. The molecule has 2 aromatic rings. The molecule has 130 valence electrons. The number of amides is 1. The number of nitrogens with one attached hydrogen (secondary N) is 1. The van der Waals surface area contributed by atoms with Crippen LogP contribution in [0.4, 0.5) is 11.4 Å². The van der Waals surface area contributed by atoms with E-state index in [0.29, 0.717) is 30.9 Å². The molecule has 1 fully saturated rings. The second-order valence-corrected chi connectivity index (χ2v) is 6.45. The molecule has 1 amide bonds. The number of hydrogen-bond acceptors (Lipinski definition) is 5. The van der Waals surface area contributed by atoms with Crippen LogP contribution in [0, 0.1) is 10.1 Å². The number of nitrogens with zero attached hydrogens (tertiary/aromatic N) is 3. The Bertz CT molecular complexity index is 793. The summed E-state index contributed by atoms with van der Waals surface area (Å²) < 4.78 is 0. The first-order valence-corrected chi connectivity index (χ1v) is 8.31. The number of carbonyl (C=O) groups excluding carboxylic acids is 1. The van der Waals surface area contributed by atoms with Crippen molar-refractivity contribution < 1.29 is 9.72 Å². The van der Waals surface area contributed by atoms with Gasteiger partial charge in [0.25, 0.3) is 11.6 Å². The lowest BCUT2D eigenvalue weighted by molar-refractivity contribution is -0.384. The zero-order chi connectivity index (χ0) is 18.0. The lowest BCUT2D eigenvalue weighted by Crippen LogP contribution is -2.32. The summed E-state index contributed by atoms with van der Waals surface area (Å²) >= 11 is 12.2. The Morgan fingerprint density at radius 1 is 1.32 bits per heavy atom. The third-order valence-electron chi connectivity index (χ3n) is 3.95. The van der Waals surface area contributed by atoms with Crippen molar-refractivity contribution in [2.75, 3.05) is 18.4 Å². The van der Waals surface area contributed by atoms with Crippen LogP contribution in [-0.2, 0) is 0 Å². The number of hydrogen-bond donors (Lipinski definition) is 1. The van der Waals surface area contributed by atoms with E-state index in [1.807, 2.05) is 0 Å². The number of benzene rings is 1. The van der Waals surface area contributed by atoms with Crippen molar-refractivity contribution in [3.05, 3.63) is 62.4 Å². The first-order chi connectivity index (χ1) is 12.0. The molecule has 1 unspecified atom stereocenters. The van der Waals surface area contributed by atoms with Crippen molar-refractivity contribution in [2.24, 2.45) is 0 Å². The van der Waals surface area contributed by atoms with Crippen LogP contribution in [0.3, 0.4) is 0 Å². The summed E-state index contributed by atoms with van der Waals surface area (Å²) in [5.74, 6) is -0.134. The molecule has 1 aromatic carbocycles. The van der Waals surface area contributed by atoms with Crippen LogP contribution in [0.2, 0.25) is 10.0 Å². The molecule has 1 aliphatic rings. The van der Waals surface area contributed by atoms with Gasteiger partial charge in [-0.15, -0.1) is 0 Å². The highest BCUT2D eigenvalue weighted by Gasteiger charge is 2.28. The van der Waals surface area contributed by atoms with Crippen LogP contribution >= 0.6 is 23.2 Å². The number of nitro benzene ring substituents is 1. The molecular formula is C16H14Cl2N4O3. The molecule has 25 heavy (non-hydrogen) atoms. The fraction of sp³-hybridized carbons (Fsp3) is 0.250. The molecule has 9 heteroatoms. The highest BCUT2D eigenvalue weighted by atomic mass is 35.5. The van der Waals surface area contributed by atoms with E-state index in [0.717, 1.165) is 0 Å². The summed E-state index contributed by atoms with van der Waals surface area (Å²) in [5, 5.41) is 14.4. The van der Waals surface area contributed by atoms with E-state index in [1.54, 1.807) is 29.3 Å². The number of anilines is 1. The van der Waals surface area contributed by atoms with Crippen LogP contribution in [-0.4, -0.2) is 39.8 Å². The Hall–Kier alpha value is -2.38. The largest absolute Gasteiger partial charge is 0.378 e. The van der Waals surface area contributed by atoms with Crippen LogP contribution in [0.1, 0.15) is 16.9 Å². The standard InChI is InChI=1S/C16H14Cl2N4O3/c17-12-7-11(22(24)25)8-13(18)15(12)20-10-4-6-21(9-10)16(23)14-3-1-2-5-19-14/h1-3,5,7-8,10,20H,4,6,9H2. The molecule has 1 N–H and O–H groups in total. The average molecular weight is 381 g/mol. The van der Waals surface area contributed by atoms with Gasteiger partial charge in [0.15, 0.2) is 0 Å². The van der Waals surface area contributed by atoms with Gasteiger partial charge in [-0.1, -0.05) is 29.3 Å². The quantitative estimate of drug-likeness (QED) is 0.646. The van der Waals surface area contributed by atoms with Gasteiger partial charge in [0.2, 0.25) is 0 Å². The fourth-order valence-electron chi connectivity index (χ4n) is 2.72. The monoisotopic (exact) mass is 380 g/mol. The van der Waals surface area contributed by atoms with Crippen molar-refractivity contribution in [3.8, 4) is 0 Å². The zero-order valence-corrected chi connectivity index (χ0v) is 14.5. The van der Waals surface area contributed by atoms with Gasteiger partial charge in [0, 0.05) is 37.5 Å². The topological polar surface area (TPSA) is 88.4 Å². The fourth-order valence-corrected chi connectivity index (χ4v) is 3.31. The van der Waals surface area contributed by atoms with E-state index in [9.17, 15) is 14.9 Å². The predicted molar refractivity (Wildman–Crippen MR) is 95.3 cm³/mol. The van der Waals surface area contributed by atoms with E-state index >= 15 is 0 Å². The molecule has 2 heterocycles.